The molecular formula is C11H11NO2. The number of pyridine rings is 1. The lowest BCUT2D eigenvalue weighted by molar-refractivity contribution is 0.399. The Labute approximate surface area is 82.3 Å². The zero-order chi connectivity index (χ0) is 9.97. The fourth-order valence-electron chi connectivity index (χ4n) is 1.32. The molecular weight excluding hydrogens is 178 g/mol. The Morgan fingerprint density at radius 3 is 2.50 bits per heavy atom. The highest BCUT2D eigenvalue weighted by molar-refractivity contribution is 5.80. The molecule has 2 aromatic rings. The van der Waals surface area contributed by atoms with Crippen LogP contribution in [-0.2, 0) is 0 Å². The summed E-state index contributed by atoms with van der Waals surface area (Å²) in [5.41, 5.74) is 0.878. The molecule has 0 bridgehead atoms. The van der Waals surface area contributed by atoms with Crippen LogP contribution in [0, 0.1) is 0 Å². The van der Waals surface area contributed by atoms with E-state index in [1.54, 1.807) is 14.2 Å². The van der Waals surface area contributed by atoms with Crippen LogP contribution in [0.2, 0.25) is 0 Å². The molecule has 0 atom stereocenters. The van der Waals surface area contributed by atoms with Crippen molar-refractivity contribution in [2.75, 3.05) is 14.2 Å². The SMILES string of the molecule is COc1ccc2ccc(OC)nc2c1. The van der Waals surface area contributed by atoms with Gasteiger partial charge in [0.2, 0.25) is 5.88 Å². The summed E-state index contributed by atoms with van der Waals surface area (Å²) < 4.78 is 10.2. The van der Waals surface area contributed by atoms with Crippen LogP contribution in [0.25, 0.3) is 10.9 Å². The number of ether oxygens (including phenoxy) is 2. The average Bonchev–Trinajstić information content (AvgIpc) is 2.27. The molecule has 1 aromatic carbocycles. The number of aromatic nitrogens is 1. The molecule has 0 aliphatic carbocycles. The third-order valence-corrected chi connectivity index (χ3v) is 2.08. The molecule has 0 unspecified atom stereocenters. The Morgan fingerprint density at radius 1 is 1.00 bits per heavy atom. The van der Waals surface area contributed by atoms with Gasteiger partial charge in [0.05, 0.1) is 19.7 Å². The first kappa shape index (κ1) is 8.81. The van der Waals surface area contributed by atoms with E-state index in [1.165, 1.54) is 0 Å². The van der Waals surface area contributed by atoms with Gasteiger partial charge in [-0.05, 0) is 18.2 Å². The maximum absolute atomic E-state index is 5.11. The predicted molar refractivity (Wildman–Crippen MR) is 54.8 cm³/mol. The zero-order valence-electron chi connectivity index (χ0n) is 8.15. The topological polar surface area (TPSA) is 31.4 Å². The molecule has 3 nitrogen and oxygen atoms in total. The summed E-state index contributed by atoms with van der Waals surface area (Å²) in [6.07, 6.45) is 0. The monoisotopic (exact) mass is 189 g/mol. The molecule has 0 aliphatic heterocycles. The van der Waals surface area contributed by atoms with Crippen molar-refractivity contribution in [2.45, 2.75) is 0 Å². The highest BCUT2D eigenvalue weighted by Crippen LogP contribution is 2.21. The second kappa shape index (κ2) is 3.54. The molecule has 0 saturated heterocycles. The highest BCUT2D eigenvalue weighted by Gasteiger charge is 1.99. The first-order chi connectivity index (χ1) is 6.83. The van der Waals surface area contributed by atoms with Crippen LogP contribution in [0.5, 0.6) is 11.6 Å². The Hall–Kier alpha value is -1.77. The van der Waals surface area contributed by atoms with Crippen LogP contribution >= 0.6 is 0 Å². The van der Waals surface area contributed by atoms with Gasteiger partial charge < -0.3 is 9.47 Å². The largest absolute Gasteiger partial charge is 0.497 e. The maximum Gasteiger partial charge on any atom is 0.213 e. The fraction of sp³-hybridized carbons (Fsp3) is 0.182. The van der Waals surface area contributed by atoms with Crippen molar-refractivity contribution in [1.29, 1.82) is 0 Å². The first-order valence-corrected chi connectivity index (χ1v) is 4.32. The lowest BCUT2D eigenvalue weighted by atomic mass is 10.2. The summed E-state index contributed by atoms with van der Waals surface area (Å²) in [5, 5.41) is 1.08. The normalized spacial score (nSPS) is 10.1. The van der Waals surface area contributed by atoms with E-state index in [0.717, 1.165) is 16.7 Å². The van der Waals surface area contributed by atoms with Crippen LogP contribution < -0.4 is 9.47 Å². The lowest BCUT2D eigenvalue weighted by Crippen LogP contribution is -1.88. The van der Waals surface area contributed by atoms with Gasteiger partial charge in [-0.15, -0.1) is 0 Å². The number of nitrogens with zero attached hydrogens (tertiary/aromatic N) is 1. The van der Waals surface area contributed by atoms with E-state index in [1.807, 2.05) is 30.3 Å². The summed E-state index contributed by atoms with van der Waals surface area (Å²) in [6.45, 7) is 0. The van der Waals surface area contributed by atoms with Gasteiger partial charge in [-0.1, -0.05) is 0 Å². The van der Waals surface area contributed by atoms with E-state index in [-0.39, 0.29) is 0 Å². The number of rotatable bonds is 2. The Kier molecular flexibility index (Phi) is 2.23. The Bertz CT molecular complexity index is 415. The van der Waals surface area contributed by atoms with E-state index in [2.05, 4.69) is 4.98 Å². The van der Waals surface area contributed by atoms with E-state index < -0.39 is 0 Å². The molecule has 14 heavy (non-hydrogen) atoms. The van der Waals surface area contributed by atoms with Gasteiger partial charge >= 0.3 is 0 Å². The summed E-state index contributed by atoms with van der Waals surface area (Å²) >= 11 is 0. The molecule has 1 aromatic heterocycles. The third kappa shape index (κ3) is 1.48. The van der Waals surface area contributed by atoms with E-state index in [4.69, 9.17) is 9.47 Å². The molecule has 0 amide bonds. The van der Waals surface area contributed by atoms with Crippen LogP contribution in [0.1, 0.15) is 0 Å². The molecule has 0 spiro atoms. The summed E-state index contributed by atoms with van der Waals surface area (Å²) in [4.78, 5) is 4.30. The number of fused-ring (bicyclic) bond motifs is 1. The maximum atomic E-state index is 5.11. The minimum Gasteiger partial charge on any atom is -0.497 e. The van der Waals surface area contributed by atoms with Crippen molar-refractivity contribution in [2.24, 2.45) is 0 Å². The van der Waals surface area contributed by atoms with Crippen LogP contribution in [0.15, 0.2) is 30.3 Å². The molecule has 0 N–H and O–H groups in total. The van der Waals surface area contributed by atoms with Crippen LogP contribution in [0.3, 0.4) is 0 Å². The minimum absolute atomic E-state index is 0.616. The Morgan fingerprint density at radius 2 is 1.79 bits per heavy atom. The van der Waals surface area contributed by atoms with Crippen molar-refractivity contribution >= 4 is 10.9 Å². The van der Waals surface area contributed by atoms with Crippen molar-refractivity contribution in [3.8, 4) is 11.6 Å². The van der Waals surface area contributed by atoms with E-state index in [9.17, 15) is 0 Å². The van der Waals surface area contributed by atoms with Gasteiger partial charge in [-0.2, -0.15) is 0 Å². The van der Waals surface area contributed by atoms with Crippen LogP contribution in [0.4, 0.5) is 0 Å². The molecule has 2 rings (SSSR count). The van der Waals surface area contributed by atoms with Gasteiger partial charge in [-0.25, -0.2) is 4.98 Å². The highest BCUT2D eigenvalue weighted by atomic mass is 16.5. The van der Waals surface area contributed by atoms with Gasteiger partial charge in [-0.3, -0.25) is 0 Å². The second-order valence-electron chi connectivity index (χ2n) is 2.91. The van der Waals surface area contributed by atoms with Crippen molar-refractivity contribution < 1.29 is 9.47 Å². The van der Waals surface area contributed by atoms with Gasteiger partial charge in [0.15, 0.2) is 0 Å². The number of benzene rings is 1. The fourth-order valence-corrected chi connectivity index (χ4v) is 1.32. The van der Waals surface area contributed by atoms with Crippen molar-refractivity contribution in [3.05, 3.63) is 30.3 Å². The van der Waals surface area contributed by atoms with Gasteiger partial charge in [0.1, 0.15) is 5.75 Å². The van der Waals surface area contributed by atoms with Crippen LogP contribution in [-0.4, -0.2) is 19.2 Å². The van der Waals surface area contributed by atoms with Crippen molar-refractivity contribution in [3.63, 3.8) is 0 Å². The average molecular weight is 189 g/mol. The molecule has 0 radical (unpaired) electrons. The first-order valence-electron chi connectivity index (χ1n) is 4.32. The molecule has 0 aliphatic rings. The van der Waals surface area contributed by atoms with Gasteiger partial charge in [0.25, 0.3) is 0 Å². The van der Waals surface area contributed by atoms with Gasteiger partial charge in [0, 0.05) is 17.5 Å². The minimum atomic E-state index is 0.616. The third-order valence-electron chi connectivity index (χ3n) is 2.08. The molecule has 72 valence electrons. The number of hydrogen-bond donors (Lipinski definition) is 0. The lowest BCUT2D eigenvalue weighted by Gasteiger charge is -2.03. The number of hydrogen-bond acceptors (Lipinski definition) is 3. The summed E-state index contributed by atoms with van der Waals surface area (Å²) in [7, 11) is 3.25. The van der Waals surface area contributed by atoms with E-state index in [0.29, 0.717) is 5.88 Å². The second-order valence-corrected chi connectivity index (χ2v) is 2.91. The molecule has 0 saturated carbocycles. The zero-order valence-corrected chi connectivity index (χ0v) is 8.15. The predicted octanol–water partition coefficient (Wildman–Crippen LogP) is 2.25. The molecule has 0 fully saturated rings. The van der Waals surface area contributed by atoms with E-state index >= 15 is 0 Å². The number of methoxy groups -OCH3 is 2. The smallest absolute Gasteiger partial charge is 0.213 e. The summed E-state index contributed by atoms with van der Waals surface area (Å²) in [6, 6.07) is 9.59. The van der Waals surface area contributed by atoms with Crippen molar-refractivity contribution in [1.82, 2.24) is 4.98 Å². The quantitative estimate of drug-likeness (QED) is 0.726. The standard InChI is InChI=1S/C11H11NO2/c1-13-9-5-3-8-4-6-11(14-2)12-10(8)7-9/h3-7H,1-2H3. The summed E-state index contributed by atoms with van der Waals surface area (Å²) in [5.74, 6) is 1.42. The molecule has 3 heteroatoms. The Balaban J connectivity index is 2.60. The molecule has 1 heterocycles.